The molecule has 0 fully saturated rings. The van der Waals surface area contributed by atoms with Gasteiger partial charge < -0.3 is 4.74 Å². The predicted octanol–water partition coefficient (Wildman–Crippen LogP) is 4.78. The monoisotopic (exact) mass is 396 g/mol. The summed E-state index contributed by atoms with van der Waals surface area (Å²) in [5.74, 6) is 0.514. The SMILES string of the molecule is N#Cc1ccc(Oc2c(Br)cccc2[N+](=O)[O-])cc1Br. The molecule has 0 aliphatic carbocycles. The molecular weight excluding hydrogens is 392 g/mol. The third-order valence-corrected chi connectivity index (χ3v) is 3.70. The van der Waals surface area contributed by atoms with Crippen LogP contribution in [0.2, 0.25) is 0 Å². The molecule has 0 aliphatic heterocycles. The average Bonchev–Trinajstić information content (AvgIpc) is 2.41. The standard InChI is InChI=1S/C13H6Br2N2O3/c14-10-2-1-3-12(17(18)19)13(10)20-9-5-4-8(7-16)11(15)6-9/h1-6H. The third kappa shape index (κ3) is 2.98. The minimum atomic E-state index is -0.515. The first-order valence-electron chi connectivity index (χ1n) is 5.33. The van der Waals surface area contributed by atoms with Gasteiger partial charge in [-0.15, -0.1) is 0 Å². The van der Waals surface area contributed by atoms with E-state index in [4.69, 9.17) is 10.00 Å². The van der Waals surface area contributed by atoms with Gasteiger partial charge in [0.1, 0.15) is 11.8 Å². The lowest BCUT2D eigenvalue weighted by molar-refractivity contribution is -0.385. The molecule has 100 valence electrons. The van der Waals surface area contributed by atoms with Crippen LogP contribution < -0.4 is 4.74 Å². The first kappa shape index (κ1) is 14.5. The molecule has 0 saturated carbocycles. The first-order chi connectivity index (χ1) is 9.52. The van der Waals surface area contributed by atoms with Crippen molar-refractivity contribution < 1.29 is 9.66 Å². The van der Waals surface area contributed by atoms with Crippen LogP contribution in [0.1, 0.15) is 5.56 Å². The Labute approximate surface area is 131 Å². The van der Waals surface area contributed by atoms with Crippen molar-refractivity contribution in [3.63, 3.8) is 0 Å². The van der Waals surface area contributed by atoms with Crippen LogP contribution >= 0.6 is 31.9 Å². The van der Waals surface area contributed by atoms with Gasteiger partial charge in [-0.3, -0.25) is 10.1 Å². The average molecular weight is 398 g/mol. The maximum Gasteiger partial charge on any atom is 0.312 e. The highest BCUT2D eigenvalue weighted by atomic mass is 79.9. The van der Waals surface area contributed by atoms with E-state index < -0.39 is 4.92 Å². The van der Waals surface area contributed by atoms with E-state index in [9.17, 15) is 10.1 Å². The third-order valence-electron chi connectivity index (χ3n) is 2.42. The molecule has 0 atom stereocenters. The molecule has 0 bridgehead atoms. The van der Waals surface area contributed by atoms with Crippen molar-refractivity contribution in [2.45, 2.75) is 0 Å². The van der Waals surface area contributed by atoms with Gasteiger partial charge in [-0.25, -0.2) is 0 Å². The Bertz CT molecular complexity index is 726. The highest BCUT2D eigenvalue weighted by Gasteiger charge is 2.19. The number of benzene rings is 2. The summed E-state index contributed by atoms with van der Waals surface area (Å²) in [5, 5.41) is 19.8. The minimum absolute atomic E-state index is 0.120. The Kier molecular flexibility index (Phi) is 4.37. The molecule has 2 aromatic carbocycles. The largest absolute Gasteiger partial charge is 0.449 e. The molecule has 0 heterocycles. The maximum atomic E-state index is 11.0. The Balaban J connectivity index is 2.43. The van der Waals surface area contributed by atoms with Gasteiger partial charge in [0.25, 0.3) is 0 Å². The zero-order valence-corrected chi connectivity index (χ0v) is 13.0. The van der Waals surface area contributed by atoms with Crippen LogP contribution in [0.4, 0.5) is 5.69 Å². The number of nitro groups is 1. The number of ether oxygens (including phenoxy) is 1. The Morgan fingerprint density at radius 1 is 1.20 bits per heavy atom. The molecule has 2 rings (SSSR count). The van der Waals surface area contributed by atoms with Crippen molar-refractivity contribution >= 4 is 37.5 Å². The van der Waals surface area contributed by atoms with Crippen molar-refractivity contribution in [2.75, 3.05) is 0 Å². The summed E-state index contributed by atoms with van der Waals surface area (Å²) < 4.78 is 6.60. The van der Waals surface area contributed by atoms with Crippen LogP contribution in [0, 0.1) is 21.4 Å². The summed E-state index contributed by atoms with van der Waals surface area (Å²) in [7, 11) is 0. The lowest BCUT2D eigenvalue weighted by Gasteiger charge is -2.08. The fraction of sp³-hybridized carbons (Fsp3) is 0. The minimum Gasteiger partial charge on any atom is -0.449 e. The molecule has 5 nitrogen and oxygen atoms in total. The summed E-state index contributed by atoms with van der Waals surface area (Å²) in [5.41, 5.74) is 0.318. The first-order valence-corrected chi connectivity index (χ1v) is 6.92. The molecule has 7 heteroatoms. The number of nitriles is 1. The molecule has 0 amide bonds. The van der Waals surface area contributed by atoms with E-state index in [0.717, 1.165) is 0 Å². The summed E-state index contributed by atoms with van der Waals surface area (Å²) in [6.45, 7) is 0. The van der Waals surface area contributed by atoms with Crippen molar-refractivity contribution in [1.82, 2.24) is 0 Å². The quantitative estimate of drug-likeness (QED) is 0.551. The number of para-hydroxylation sites is 1. The van der Waals surface area contributed by atoms with Gasteiger partial charge in [-0.1, -0.05) is 6.07 Å². The Morgan fingerprint density at radius 3 is 2.55 bits per heavy atom. The van der Waals surface area contributed by atoms with Crippen LogP contribution in [0.5, 0.6) is 11.5 Å². The molecule has 0 N–H and O–H groups in total. The van der Waals surface area contributed by atoms with E-state index in [1.165, 1.54) is 6.07 Å². The fourth-order valence-corrected chi connectivity index (χ4v) is 2.39. The zero-order valence-electron chi connectivity index (χ0n) is 9.84. The summed E-state index contributed by atoms with van der Waals surface area (Å²) >= 11 is 6.46. The molecule has 0 unspecified atom stereocenters. The molecule has 2 aromatic rings. The predicted molar refractivity (Wildman–Crippen MR) is 79.7 cm³/mol. The van der Waals surface area contributed by atoms with Gasteiger partial charge in [-0.05, 0) is 56.1 Å². The topological polar surface area (TPSA) is 76.2 Å². The Hall–Kier alpha value is -1.91. The fourth-order valence-electron chi connectivity index (χ4n) is 1.51. The van der Waals surface area contributed by atoms with E-state index >= 15 is 0 Å². The van der Waals surface area contributed by atoms with Crippen molar-refractivity contribution in [2.24, 2.45) is 0 Å². The molecule has 0 aromatic heterocycles. The van der Waals surface area contributed by atoms with Crippen molar-refractivity contribution in [1.29, 1.82) is 5.26 Å². The van der Waals surface area contributed by atoms with Gasteiger partial charge in [0.2, 0.25) is 5.75 Å². The van der Waals surface area contributed by atoms with Gasteiger partial charge in [0, 0.05) is 10.5 Å². The number of hydrogen-bond acceptors (Lipinski definition) is 4. The zero-order chi connectivity index (χ0) is 14.7. The van der Waals surface area contributed by atoms with Crippen molar-refractivity contribution in [3.05, 3.63) is 61.0 Å². The van der Waals surface area contributed by atoms with Crippen LogP contribution in [-0.2, 0) is 0 Å². The lowest BCUT2D eigenvalue weighted by Crippen LogP contribution is -1.94. The number of hydrogen-bond donors (Lipinski definition) is 0. The van der Waals surface area contributed by atoms with E-state index in [-0.39, 0.29) is 11.4 Å². The molecule has 0 saturated heterocycles. The second kappa shape index (κ2) is 6.03. The van der Waals surface area contributed by atoms with Gasteiger partial charge >= 0.3 is 5.69 Å². The summed E-state index contributed by atoms with van der Waals surface area (Å²) in [6, 6.07) is 11.3. The smallest absolute Gasteiger partial charge is 0.312 e. The van der Waals surface area contributed by atoms with Gasteiger partial charge in [0.05, 0.1) is 15.0 Å². The molecule has 0 radical (unpaired) electrons. The number of rotatable bonds is 3. The van der Waals surface area contributed by atoms with Crippen LogP contribution in [0.3, 0.4) is 0 Å². The molecule has 20 heavy (non-hydrogen) atoms. The second-order valence-electron chi connectivity index (χ2n) is 3.70. The van der Waals surface area contributed by atoms with Crippen LogP contribution in [-0.4, -0.2) is 4.92 Å². The highest BCUT2D eigenvalue weighted by molar-refractivity contribution is 9.10. The van der Waals surface area contributed by atoms with Gasteiger partial charge in [-0.2, -0.15) is 5.26 Å². The van der Waals surface area contributed by atoms with Crippen LogP contribution in [0.15, 0.2) is 45.3 Å². The number of nitro benzene ring substituents is 1. The normalized spacial score (nSPS) is 9.85. The number of halogens is 2. The molecule has 0 spiro atoms. The Morgan fingerprint density at radius 2 is 1.95 bits per heavy atom. The molecular formula is C13H6Br2N2O3. The van der Waals surface area contributed by atoms with Crippen LogP contribution in [0.25, 0.3) is 0 Å². The number of nitrogens with zero attached hydrogens (tertiary/aromatic N) is 2. The maximum absolute atomic E-state index is 11.0. The second-order valence-corrected chi connectivity index (χ2v) is 5.41. The van der Waals surface area contributed by atoms with E-state index in [0.29, 0.717) is 20.3 Å². The summed E-state index contributed by atoms with van der Waals surface area (Å²) in [4.78, 5) is 10.5. The highest BCUT2D eigenvalue weighted by Crippen LogP contribution is 2.38. The lowest BCUT2D eigenvalue weighted by atomic mass is 10.2. The molecule has 0 aliphatic rings. The van der Waals surface area contributed by atoms with E-state index in [2.05, 4.69) is 31.9 Å². The summed E-state index contributed by atoms with van der Waals surface area (Å²) in [6.07, 6.45) is 0. The van der Waals surface area contributed by atoms with E-state index in [1.54, 1.807) is 30.3 Å². The van der Waals surface area contributed by atoms with Crippen molar-refractivity contribution in [3.8, 4) is 17.6 Å². The van der Waals surface area contributed by atoms with Gasteiger partial charge in [0.15, 0.2) is 0 Å². The van der Waals surface area contributed by atoms with E-state index in [1.807, 2.05) is 6.07 Å².